The van der Waals surface area contributed by atoms with Gasteiger partial charge in [-0.05, 0) is 106 Å². The molecule has 27 heteroatoms. The number of benzene rings is 2. The first-order valence-electron chi connectivity index (χ1n) is 37.3. The minimum Gasteiger partial charge on any atom is -0.548 e. The molecule has 0 saturated carbocycles. The number of hydrogen-bond donors (Lipinski definition) is 5. The summed E-state index contributed by atoms with van der Waals surface area (Å²) in [6.07, 6.45) is 37.7. The van der Waals surface area contributed by atoms with Gasteiger partial charge >= 0.3 is 35.5 Å². The number of ketones is 2. The summed E-state index contributed by atoms with van der Waals surface area (Å²) < 4.78 is 0. The van der Waals surface area contributed by atoms with Crippen LogP contribution in [0.4, 0.5) is 0 Å². The Morgan fingerprint density at radius 2 is 0.660 bits per heavy atom. The van der Waals surface area contributed by atoms with Crippen LogP contribution in [-0.4, -0.2) is 156 Å². The molecular weight excluding hydrogens is 1440 g/mol. The molecule has 0 spiro atoms. The molecule has 4 heterocycles. The summed E-state index contributed by atoms with van der Waals surface area (Å²) >= 11 is 0. The Morgan fingerprint density at radius 1 is 0.388 bits per heavy atom. The third-order valence-corrected chi connectivity index (χ3v) is 19.7. The van der Waals surface area contributed by atoms with Gasteiger partial charge in [-0.1, -0.05) is 192 Å². The van der Waals surface area contributed by atoms with Gasteiger partial charge in [0.2, 0.25) is 35.4 Å². The van der Waals surface area contributed by atoms with Gasteiger partial charge in [0.25, 0.3) is 0 Å². The number of carbonyl (C=O) groups excluding carboxylic acids is 9. The Balaban J connectivity index is -0.00000182. The Morgan fingerprint density at radius 3 is 0.961 bits per heavy atom. The molecule has 6 rings (SSSR count). The van der Waals surface area contributed by atoms with Crippen molar-refractivity contribution >= 4 is 140 Å². The molecule has 2 aromatic rings. The van der Waals surface area contributed by atoms with Crippen LogP contribution in [0.15, 0.2) is 48.5 Å². The predicted molar refractivity (Wildman–Crippen MR) is 430 cm³/mol. The Kier molecular flexibility index (Phi) is 60.4. The molecule has 584 valence electrons. The van der Waals surface area contributed by atoms with E-state index in [1.165, 1.54) is 153 Å². The molecule has 6 amide bonds. The number of amides is 6. The van der Waals surface area contributed by atoms with E-state index in [9.17, 15) is 68.4 Å². The summed E-state index contributed by atoms with van der Waals surface area (Å²) in [5.74, 6) is -4.45. The number of Topliss-reactive ketones (excluding diaryl/α,β-unsaturated/α-hetero) is 2. The van der Waals surface area contributed by atoms with Crippen LogP contribution in [-0.2, 0) is 60.8 Å². The number of rotatable bonds is 46. The Bertz CT molecular complexity index is 2570. The van der Waals surface area contributed by atoms with Gasteiger partial charge in [0.1, 0.15) is 29.6 Å². The summed E-state index contributed by atoms with van der Waals surface area (Å²) in [4.78, 5) is 135. The number of nitrogens with zero attached hydrogens (tertiary/aromatic N) is 4. The first-order valence-corrected chi connectivity index (χ1v) is 37.3. The summed E-state index contributed by atoms with van der Waals surface area (Å²) in [6.45, 7) is 6.51. The summed E-state index contributed by atoms with van der Waals surface area (Å²) in [6, 6.07) is 7.25. The van der Waals surface area contributed by atoms with E-state index in [1.54, 1.807) is 43.9 Å². The van der Waals surface area contributed by atoms with Crippen molar-refractivity contribution in [1.29, 1.82) is 0 Å². The average molecular weight is 1570 g/mol. The van der Waals surface area contributed by atoms with Crippen molar-refractivity contribution in [1.82, 2.24) is 30.2 Å². The van der Waals surface area contributed by atoms with Gasteiger partial charge in [-0.15, -0.1) is 0 Å². The number of unbranched alkanes of at least 4 members (excludes halogenated alkanes) is 24. The number of carbonyl (C=O) groups is 10. The van der Waals surface area contributed by atoms with Gasteiger partial charge in [0.05, 0.1) is 24.1 Å². The van der Waals surface area contributed by atoms with Gasteiger partial charge in [0.15, 0.2) is 11.6 Å². The fraction of sp³-hybridized carbons (Fsp3) is 0.711. The van der Waals surface area contributed by atoms with Crippen LogP contribution in [0.25, 0.3) is 0 Å². The maximum absolute atomic E-state index is 13.6. The third kappa shape index (κ3) is 39.3. The molecule has 5 N–H and O–H groups in total. The number of carboxylic acids is 2. The predicted octanol–water partition coefficient (Wildman–Crippen LogP) is 8.98. The van der Waals surface area contributed by atoms with Crippen molar-refractivity contribution in [2.24, 2.45) is 0 Å². The number of hydrogen-bond acceptors (Lipinski definition) is 13. The molecule has 4 saturated heterocycles. The molecule has 4 aliphatic rings. The second-order valence-corrected chi connectivity index (χ2v) is 27.4. The van der Waals surface area contributed by atoms with Gasteiger partial charge in [-0.25, -0.2) is 4.79 Å². The third-order valence-electron chi connectivity index (χ3n) is 19.7. The number of nitrogens with one attached hydrogen (secondary N) is 2. The molecule has 0 radical (unpaired) electrons. The van der Waals surface area contributed by atoms with Crippen molar-refractivity contribution in [3.63, 3.8) is 0 Å². The molecule has 0 aliphatic carbocycles. The molecule has 4 aliphatic heterocycles. The van der Waals surface area contributed by atoms with Gasteiger partial charge in [-0.3, -0.25) is 38.4 Å². The molecule has 103 heavy (non-hydrogen) atoms. The van der Waals surface area contributed by atoms with E-state index < -0.39 is 60.0 Å². The molecule has 20 nitrogen and oxygen atoms in total. The molecule has 2 aromatic carbocycles. The van der Waals surface area contributed by atoms with Crippen molar-refractivity contribution in [3.05, 3.63) is 59.7 Å². The fourth-order valence-electron chi connectivity index (χ4n) is 14.1. The Labute approximate surface area is 679 Å². The first-order chi connectivity index (χ1) is 46.4. The minimum atomic E-state index is -1.44. The van der Waals surface area contributed by atoms with Crippen LogP contribution < -0.4 is 45.3 Å². The van der Waals surface area contributed by atoms with E-state index in [0.717, 1.165) is 51.4 Å². The van der Waals surface area contributed by atoms with Crippen molar-refractivity contribution < 1.29 is 97.9 Å². The number of aliphatic carboxylic acids is 2. The molecule has 6 atom stereocenters. The zero-order valence-corrected chi connectivity index (χ0v) is 70.2. The average Bonchev–Trinajstić information content (AvgIpc) is 1.70. The molecule has 0 unspecified atom stereocenters. The van der Waals surface area contributed by atoms with Crippen molar-refractivity contribution in [3.8, 4) is 11.5 Å². The maximum atomic E-state index is 13.6. The molecular formula is C76H129N6NaO14S6. The van der Waals surface area contributed by atoms with E-state index >= 15 is 0 Å². The van der Waals surface area contributed by atoms with Crippen molar-refractivity contribution in [2.45, 2.75) is 320 Å². The topological polar surface area (TPSA) is 291 Å². The van der Waals surface area contributed by atoms with E-state index in [4.69, 9.17) is 0 Å². The number of likely N-dealkylation sites (tertiary alicyclic amines) is 4. The molecule has 0 aromatic heterocycles. The molecule has 4 fully saturated rings. The zero-order chi connectivity index (χ0) is 69.5. The van der Waals surface area contributed by atoms with Crippen molar-refractivity contribution in [2.75, 3.05) is 26.2 Å². The SMILES string of the molecule is CCCCCCCCCCCCCCCC(=O)N1CCC[C@H]1C(=O)N1CCC[C@H]1C(=O)CCC(=O)N[C@@H](Cc1ccc(O)cc1)C(=O)O.CCCCCCCCCCCCCCCC(=O)N1CCC[C@H]1C(=O)N1CCC[C@H]1C(=O)CCC(=O)N[C@@H](Cc1ccc(O)cc1)C(=O)[O-].S.S.S.S.S.S.[Na+]. The zero-order valence-electron chi connectivity index (χ0n) is 62.2. The van der Waals surface area contributed by atoms with Gasteiger partial charge < -0.3 is 55.5 Å². The summed E-state index contributed by atoms with van der Waals surface area (Å²) in [5.41, 5.74) is 1.24. The minimum absolute atomic E-state index is 0. The quantitative estimate of drug-likeness (QED) is 0.0305. The smallest absolute Gasteiger partial charge is 0.548 e. The van der Waals surface area contributed by atoms with E-state index in [-0.39, 0.29) is 196 Å². The normalized spacial score (nSPS) is 17.0. The van der Waals surface area contributed by atoms with Crippen LogP contribution in [0.3, 0.4) is 0 Å². The van der Waals surface area contributed by atoms with Crippen LogP contribution in [0.5, 0.6) is 11.5 Å². The van der Waals surface area contributed by atoms with Crippen LogP contribution in [0.1, 0.15) is 282 Å². The van der Waals surface area contributed by atoms with Crippen LogP contribution in [0.2, 0.25) is 0 Å². The first kappa shape index (κ1) is 103. The van der Waals surface area contributed by atoms with Gasteiger partial charge in [0, 0.05) is 71.1 Å². The van der Waals surface area contributed by atoms with Gasteiger partial charge in [-0.2, -0.15) is 81.0 Å². The fourth-order valence-corrected chi connectivity index (χ4v) is 14.1. The standard InChI is InChI=1S/2C38H59N3O7.Na.6H2S/c2*1-2-3-4-5-6-7-8-9-10-11-12-13-14-19-36(45)40-26-16-18-33(40)37(46)41-27-15-17-32(41)34(43)24-25-35(44)39-31(38(47)48)28-29-20-22-30(42)23-21-29;;;;;;;/h2*20-23,31-33,42H,2-19,24-28H2,1H3,(H,39,44)(H,47,48);;6*1H2/q;;+1;;;;;;/p-1/t2*31-,32-,33-;;;;;;;/m00......./s1. The van der Waals surface area contributed by atoms with E-state index in [0.29, 0.717) is 88.7 Å². The van der Waals surface area contributed by atoms with E-state index in [2.05, 4.69) is 24.5 Å². The second-order valence-electron chi connectivity index (χ2n) is 27.4. The second kappa shape index (κ2) is 60.2. The monoisotopic (exact) mass is 1560 g/mol. The maximum Gasteiger partial charge on any atom is 1.00 e. The van der Waals surface area contributed by atoms with Crippen LogP contribution in [0, 0.1) is 0 Å². The van der Waals surface area contributed by atoms with Crippen LogP contribution >= 0.6 is 81.0 Å². The Hall–Kier alpha value is -3.76. The summed E-state index contributed by atoms with van der Waals surface area (Å²) in [7, 11) is 0. The largest absolute Gasteiger partial charge is 1.00 e. The number of aromatic hydroxyl groups is 2. The number of carboxylic acid groups (broad SMARTS) is 2. The number of phenols is 2. The number of phenolic OH excluding ortho intramolecular Hbond substituents is 2. The molecule has 0 bridgehead atoms. The van der Waals surface area contributed by atoms with E-state index in [1.807, 2.05) is 0 Å². The summed E-state index contributed by atoms with van der Waals surface area (Å²) in [5, 5.41) is 45.0.